The van der Waals surface area contributed by atoms with Crippen LogP contribution in [0.1, 0.15) is 65.2 Å². The largest absolute Gasteiger partial charge is 0.327 e. The number of piperidine rings is 1. The minimum absolute atomic E-state index is 0.459. The normalized spacial score (nSPS) is 39.5. The average molecular weight is 252 g/mol. The van der Waals surface area contributed by atoms with Gasteiger partial charge in [-0.2, -0.15) is 0 Å². The topological polar surface area (TPSA) is 29.3 Å². The Morgan fingerprint density at radius 1 is 1.00 bits per heavy atom. The molecule has 4 unspecified atom stereocenters. The Hall–Kier alpha value is -0.0800. The SMILES string of the molecule is CCC1CCCC(N2CCC(N)C(CC)C2)CC1. The van der Waals surface area contributed by atoms with Crippen LogP contribution in [0.2, 0.25) is 0 Å². The van der Waals surface area contributed by atoms with Crippen molar-refractivity contribution in [3.8, 4) is 0 Å². The van der Waals surface area contributed by atoms with Crippen LogP contribution in [0.25, 0.3) is 0 Å². The van der Waals surface area contributed by atoms with E-state index in [9.17, 15) is 0 Å². The Labute approximate surface area is 113 Å². The molecule has 18 heavy (non-hydrogen) atoms. The van der Waals surface area contributed by atoms with Crippen LogP contribution in [-0.2, 0) is 0 Å². The second-order valence-corrected chi connectivity index (χ2v) is 6.55. The molecule has 106 valence electrons. The average Bonchev–Trinajstić information content (AvgIpc) is 2.64. The molecule has 0 radical (unpaired) electrons. The number of hydrogen-bond donors (Lipinski definition) is 1. The van der Waals surface area contributed by atoms with E-state index in [1.165, 1.54) is 64.5 Å². The smallest absolute Gasteiger partial charge is 0.00954 e. The van der Waals surface area contributed by atoms with Crippen LogP contribution in [0.3, 0.4) is 0 Å². The van der Waals surface area contributed by atoms with Crippen molar-refractivity contribution in [2.45, 2.75) is 77.3 Å². The van der Waals surface area contributed by atoms with E-state index in [0.29, 0.717) is 6.04 Å². The summed E-state index contributed by atoms with van der Waals surface area (Å²) in [6.07, 6.45) is 11.1. The molecular formula is C16H32N2. The molecular weight excluding hydrogens is 220 g/mol. The molecule has 0 aromatic heterocycles. The van der Waals surface area contributed by atoms with Crippen LogP contribution in [0, 0.1) is 11.8 Å². The van der Waals surface area contributed by atoms with E-state index in [0.717, 1.165) is 17.9 Å². The fourth-order valence-electron chi connectivity index (χ4n) is 3.97. The standard InChI is InChI=1S/C16H32N2/c1-3-13-6-5-7-15(9-8-13)18-11-10-16(17)14(4-2)12-18/h13-16H,3-12,17H2,1-2H3. The predicted molar refractivity (Wildman–Crippen MR) is 78.6 cm³/mol. The maximum absolute atomic E-state index is 6.23. The second kappa shape index (κ2) is 6.91. The molecule has 1 aliphatic heterocycles. The predicted octanol–water partition coefficient (Wildman–Crippen LogP) is 3.40. The molecule has 1 heterocycles. The molecule has 0 aromatic rings. The molecule has 0 spiro atoms. The van der Waals surface area contributed by atoms with Gasteiger partial charge in [-0.15, -0.1) is 0 Å². The monoisotopic (exact) mass is 252 g/mol. The maximum Gasteiger partial charge on any atom is 0.00954 e. The van der Waals surface area contributed by atoms with Crippen LogP contribution in [0.4, 0.5) is 0 Å². The molecule has 0 amide bonds. The van der Waals surface area contributed by atoms with Gasteiger partial charge in [0.25, 0.3) is 0 Å². The molecule has 2 aliphatic rings. The van der Waals surface area contributed by atoms with Crippen molar-refractivity contribution in [2.75, 3.05) is 13.1 Å². The van der Waals surface area contributed by atoms with Gasteiger partial charge in [0.2, 0.25) is 0 Å². The Morgan fingerprint density at radius 2 is 1.83 bits per heavy atom. The lowest BCUT2D eigenvalue weighted by Crippen LogP contribution is -2.50. The second-order valence-electron chi connectivity index (χ2n) is 6.55. The minimum atomic E-state index is 0.459. The van der Waals surface area contributed by atoms with Crippen LogP contribution in [0.15, 0.2) is 0 Å². The van der Waals surface area contributed by atoms with Crippen LogP contribution in [-0.4, -0.2) is 30.1 Å². The van der Waals surface area contributed by atoms with E-state index >= 15 is 0 Å². The van der Waals surface area contributed by atoms with Gasteiger partial charge in [-0.05, 0) is 44.1 Å². The van der Waals surface area contributed by atoms with Crippen molar-refractivity contribution in [3.05, 3.63) is 0 Å². The minimum Gasteiger partial charge on any atom is -0.327 e. The number of nitrogens with zero attached hydrogens (tertiary/aromatic N) is 1. The van der Waals surface area contributed by atoms with E-state index < -0.39 is 0 Å². The molecule has 0 bridgehead atoms. The third-order valence-corrected chi connectivity index (χ3v) is 5.50. The number of nitrogens with two attached hydrogens (primary N) is 1. The zero-order valence-corrected chi connectivity index (χ0v) is 12.4. The molecule has 2 nitrogen and oxygen atoms in total. The van der Waals surface area contributed by atoms with Gasteiger partial charge < -0.3 is 5.73 Å². The molecule has 4 atom stereocenters. The van der Waals surface area contributed by atoms with E-state index in [2.05, 4.69) is 18.7 Å². The summed E-state index contributed by atoms with van der Waals surface area (Å²) in [6, 6.07) is 1.32. The molecule has 2 N–H and O–H groups in total. The van der Waals surface area contributed by atoms with Crippen molar-refractivity contribution in [1.82, 2.24) is 4.90 Å². The Bertz CT molecular complexity index is 241. The Balaban J connectivity index is 1.87. The third-order valence-electron chi connectivity index (χ3n) is 5.50. The maximum atomic E-state index is 6.23. The van der Waals surface area contributed by atoms with E-state index in [4.69, 9.17) is 5.73 Å². The van der Waals surface area contributed by atoms with E-state index in [1.807, 2.05) is 0 Å². The number of hydrogen-bond acceptors (Lipinski definition) is 2. The Morgan fingerprint density at radius 3 is 2.56 bits per heavy atom. The summed E-state index contributed by atoms with van der Waals surface area (Å²) >= 11 is 0. The van der Waals surface area contributed by atoms with Crippen molar-refractivity contribution in [2.24, 2.45) is 17.6 Å². The molecule has 2 rings (SSSR count). The number of likely N-dealkylation sites (tertiary alicyclic amines) is 1. The van der Waals surface area contributed by atoms with Gasteiger partial charge in [-0.3, -0.25) is 4.90 Å². The molecule has 2 fully saturated rings. The third kappa shape index (κ3) is 3.48. The van der Waals surface area contributed by atoms with Crippen molar-refractivity contribution >= 4 is 0 Å². The van der Waals surface area contributed by atoms with E-state index in [1.54, 1.807) is 0 Å². The lowest BCUT2D eigenvalue weighted by atomic mass is 9.89. The first-order valence-corrected chi connectivity index (χ1v) is 8.24. The summed E-state index contributed by atoms with van der Waals surface area (Å²) in [4.78, 5) is 2.77. The van der Waals surface area contributed by atoms with Crippen molar-refractivity contribution in [3.63, 3.8) is 0 Å². The van der Waals surface area contributed by atoms with Crippen LogP contribution >= 0.6 is 0 Å². The van der Waals surface area contributed by atoms with E-state index in [-0.39, 0.29) is 0 Å². The van der Waals surface area contributed by atoms with Gasteiger partial charge >= 0.3 is 0 Å². The highest BCUT2D eigenvalue weighted by Crippen LogP contribution is 2.30. The quantitative estimate of drug-likeness (QED) is 0.780. The summed E-state index contributed by atoms with van der Waals surface area (Å²) in [7, 11) is 0. The zero-order chi connectivity index (χ0) is 13.0. The molecule has 0 aromatic carbocycles. The highest BCUT2D eigenvalue weighted by Gasteiger charge is 2.30. The first-order valence-electron chi connectivity index (χ1n) is 8.24. The summed E-state index contributed by atoms with van der Waals surface area (Å²) in [5.74, 6) is 1.74. The van der Waals surface area contributed by atoms with Gasteiger partial charge in [0.05, 0.1) is 0 Å². The van der Waals surface area contributed by atoms with Crippen molar-refractivity contribution in [1.29, 1.82) is 0 Å². The summed E-state index contributed by atoms with van der Waals surface area (Å²) in [6.45, 7) is 7.17. The van der Waals surface area contributed by atoms with Gasteiger partial charge in [-0.1, -0.05) is 39.5 Å². The summed E-state index contributed by atoms with van der Waals surface area (Å²) < 4.78 is 0. The highest BCUT2D eigenvalue weighted by atomic mass is 15.2. The van der Waals surface area contributed by atoms with Gasteiger partial charge in [0.1, 0.15) is 0 Å². The molecule has 2 heteroatoms. The van der Waals surface area contributed by atoms with Crippen LogP contribution in [0.5, 0.6) is 0 Å². The first-order chi connectivity index (χ1) is 8.74. The van der Waals surface area contributed by atoms with Crippen molar-refractivity contribution < 1.29 is 0 Å². The molecule has 1 saturated heterocycles. The summed E-state index contributed by atoms with van der Waals surface area (Å²) in [5.41, 5.74) is 6.23. The first kappa shape index (κ1) is 14.3. The fourth-order valence-corrected chi connectivity index (χ4v) is 3.97. The summed E-state index contributed by atoms with van der Waals surface area (Å²) in [5, 5.41) is 0. The number of rotatable bonds is 3. The van der Waals surface area contributed by atoms with Gasteiger partial charge in [0.15, 0.2) is 0 Å². The lowest BCUT2D eigenvalue weighted by molar-refractivity contribution is 0.0970. The lowest BCUT2D eigenvalue weighted by Gasteiger charge is -2.41. The van der Waals surface area contributed by atoms with Crippen LogP contribution < -0.4 is 5.73 Å². The van der Waals surface area contributed by atoms with Gasteiger partial charge in [0, 0.05) is 18.6 Å². The highest BCUT2D eigenvalue weighted by molar-refractivity contribution is 4.86. The zero-order valence-electron chi connectivity index (χ0n) is 12.4. The molecule has 1 saturated carbocycles. The molecule has 1 aliphatic carbocycles. The Kier molecular flexibility index (Phi) is 5.50. The fraction of sp³-hybridized carbons (Fsp3) is 1.00. The van der Waals surface area contributed by atoms with Gasteiger partial charge in [-0.25, -0.2) is 0 Å².